The highest BCUT2D eigenvalue weighted by Gasteiger charge is 2.03. The molecule has 0 amide bonds. The van der Waals surface area contributed by atoms with Gasteiger partial charge in [0.2, 0.25) is 0 Å². The fourth-order valence-electron chi connectivity index (χ4n) is 1.66. The number of benzene rings is 2. The average Bonchev–Trinajstić information content (AvgIpc) is 2.48. The minimum atomic E-state index is -0.891. The van der Waals surface area contributed by atoms with Crippen LogP contribution in [0.2, 0.25) is 0 Å². The molecular formula is C14H13F2N3O. The van der Waals surface area contributed by atoms with Crippen molar-refractivity contribution in [3.8, 4) is 0 Å². The number of amidine groups is 1. The number of anilines is 1. The molecule has 2 aromatic rings. The molecule has 0 unspecified atom stereocenters. The van der Waals surface area contributed by atoms with E-state index >= 15 is 0 Å². The molecule has 2 rings (SSSR count). The summed E-state index contributed by atoms with van der Waals surface area (Å²) in [5, 5.41) is 14.4. The predicted molar refractivity (Wildman–Crippen MR) is 72.6 cm³/mol. The summed E-state index contributed by atoms with van der Waals surface area (Å²) in [7, 11) is 0. The van der Waals surface area contributed by atoms with E-state index in [1.807, 2.05) is 0 Å². The highest BCUT2D eigenvalue weighted by atomic mass is 19.2. The first-order valence-corrected chi connectivity index (χ1v) is 5.86. The van der Waals surface area contributed by atoms with E-state index in [1.165, 1.54) is 6.07 Å². The molecule has 0 fully saturated rings. The number of oxime groups is 1. The number of nitrogens with zero attached hydrogens (tertiary/aromatic N) is 1. The molecule has 0 radical (unpaired) electrons. The van der Waals surface area contributed by atoms with Crippen LogP contribution in [0.4, 0.5) is 14.5 Å². The molecule has 0 atom stereocenters. The zero-order valence-electron chi connectivity index (χ0n) is 10.5. The van der Waals surface area contributed by atoms with Crippen LogP contribution < -0.4 is 11.1 Å². The second-order valence-electron chi connectivity index (χ2n) is 4.16. The van der Waals surface area contributed by atoms with Gasteiger partial charge in [-0.3, -0.25) is 0 Å². The Morgan fingerprint density at radius 1 is 1.10 bits per heavy atom. The maximum atomic E-state index is 13.0. The van der Waals surface area contributed by atoms with E-state index in [2.05, 4.69) is 10.5 Å². The van der Waals surface area contributed by atoms with Crippen LogP contribution in [0.3, 0.4) is 0 Å². The molecule has 0 bridgehead atoms. The summed E-state index contributed by atoms with van der Waals surface area (Å²) in [6.45, 7) is 0.446. The van der Waals surface area contributed by atoms with E-state index in [9.17, 15) is 8.78 Å². The van der Waals surface area contributed by atoms with E-state index in [0.717, 1.165) is 17.7 Å². The first-order chi connectivity index (χ1) is 9.60. The van der Waals surface area contributed by atoms with Crippen LogP contribution in [0.1, 0.15) is 11.1 Å². The highest BCUT2D eigenvalue weighted by Crippen LogP contribution is 2.14. The lowest BCUT2D eigenvalue weighted by Crippen LogP contribution is -2.13. The Morgan fingerprint density at radius 3 is 2.40 bits per heavy atom. The van der Waals surface area contributed by atoms with Gasteiger partial charge in [-0.05, 0) is 17.7 Å². The van der Waals surface area contributed by atoms with Gasteiger partial charge in [-0.2, -0.15) is 0 Å². The van der Waals surface area contributed by atoms with Gasteiger partial charge in [0, 0.05) is 23.9 Å². The molecule has 4 nitrogen and oxygen atoms in total. The molecule has 0 aliphatic carbocycles. The van der Waals surface area contributed by atoms with Crippen molar-refractivity contribution in [1.29, 1.82) is 0 Å². The third kappa shape index (κ3) is 3.23. The fourth-order valence-corrected chi connectivity index (χ4v) is 1.66. The molecule has 0 aromatic heterocycles. The summed E-state index contributed by atoms with van der Waals surface area (Å²) in [5.41, 5.74) is 7.46. The molecule has 0 aliphatic heterocycles. The van der Waals surface area contributed by atoms with Crippen molar-refractivity contribution in [3.63, 3.8) is 0 Å². The van der Waals surface area contributed by atoms with Crippen LogP contribution in [-0.4, -0.2) is 11.0 Å². The number of rotatable bonds is 4. The van der Waals surface area contributed by atoms with Gasteiger partial charge in [-0.25, -0.2) is 8.78 Å². The summed E-state index contributed by atoms with van der Waals surface area (Å²) in [5.74, 6) is -1.74. The van der Waals surface area contributed by atoms with Gasteiger partial charge in [0.25, 0.3) is 0 Å². The lowest BCUT2D eigenvalue weighted by atomic mass is 10.1. The van der Waals surface area contributed by atoms with Crippen molar-refractivity contribution in [2.24, 2.45) is 10.9 Å². The number of nitrogens with two attached hydrogens (primary N) is 1. The SMILES string of the molecule is NC(=NO)c1ccc(CNc2ccc(F)c(F)c2)cc1. The summed E-state index contributed by atoms with van der Waals surface area (Å²) in [4.78, 5) is 0. The Kier molecular flexibility index (Phi) is 4.14. The smallest absolute Gasteiger partial charge is 0.170 e. The number of halogens is 2. The average molecular weight is 277 g/mol. The van der Waals surface area contributed by atoms with Gasteiger partial charge < -0.3 is 16.3 Å². The van der Waals surface area contributed by atoms with Gasteiger partial charge in [0.05, 0.1) is 0 Å². The summed E-state index contributed by atoms with van der Waals surface area (Å²) < 4.78 is 25.8. The van der Waals surface area contributed by atoms with Crippen molar-refractivity contribution >= 4 is 11.5 Å². The third-order valence-electron chi connectivity index (χ3n) is 2.77. The van der Waals surface area contributed by atoms with E-state index < -0.39 is 11.6 Å². The van der Waals surface area contributed by atoms with Crippen LogP contribution in [0, 0.1) is 11.6 Å². The van der Waals surface area contributed by atoms with Crippen molar-refractivity contribution < 1.29 is 14.0 Å². The zero-order valence-corrected chi connectivity index (χ0v) is 10.5. The van der Waals surface area contributed by atoms with Gasteiger partial charge in [-0.15, -0.1) is 0 Å². The molecule has 6 heteroatoms. The first-order valence-electron chi connectivity index (χ1n) is 5.86. The van der Waals surface area contributed by atoms with Crippen LogP contribution in [0.5, 0.6) is 0 Å². The largest absolute Gasteiger partial charge is 0.409 e. The van der Waals surface area contributed by atoms with Crippen molar-refractivity contribution in [3.05, 3.63) is 65.2 Å². The monoisotopic (exact) mass is 277 g/mol. The van der Waals surface area contributed by atoms with Crippen molar-refractivity contribution in [1.82, 2.24) is 0 Å². The Hall–Kier alpha value is -2.63. The number of hydrogen-bond acceptors (Lipinski definition) is 3. The Labute approximate surface area is 114 Å². The Bertz CT molecular complexity index is 627. The topological polar surface area (TPSA) is 70.6 Å². The molecular weight excluding hydrogens is 264 g/mol. The van der Waals surface area contributed by atoms with Crippen molar-refractivity contribution in [2.45, 2.75) is 6.54 Å². The molecule has 2 aromatic carbocycles. The lowest BCUT2D eigenvalue weighted by Gasteiger charge is -2.07. The molecule has 0 saturated heterocycles. The van der Waals surface area contributed by atoms with Gasteiger partial charge in [0.15, 0.2) is 17.5 Å². The molecule has 0 heterocycles. The maximum Gasteiger partial charge on any atom is 0.170 e. The van der Waals surface area contributed by atoms with E-state index in [-0.39, 0.29) is 5.84 Å². The summed E-state index contributed by atoms with van der Waals surface area (Å²) in [6, 6.07) is 10.6. The number of hydrogen-bond donors (Lipinski definition) is 3. The van der Waals surface area contributed by atoms with Gasteiger partial charge >= 0.3 is 0 Å². The van der Waals surface area contributed by atoms with E-state index in [0.29, 0.717) is 17.8 Å². The normalized spacial score (nSPS) is 11.4. The highest BCUT2D eigenvalue weighted by molar-refractivity contribution is 5.96. The summed E-state index contributed by atoms with van der Waals surface area (Å²) >= 11 is 0. The first kappa shape index (κ1) is 13.8. The van der Waals surface area contributed by atoms with E-state index in [1.54, 1.807) is 24.3 Å². The second kappa shape index (κ2) is 6.01. The third-order valence-corrected chi connectivity index (χ3v) is 2.77. The molecule has 0 spiro atoms. The lowest BCUT2D eigenvalue weighted by molar-refractivity contribution is 0.318. The molecule has 20 heavy (non-hydrogen) atoms. The van der Waals surface area contributed by atoms with Gasteiger partial charge in [0.1, 0.15) is 0 Å². The molecule has 104 valence electrons. The molecule has 4 N–H and O–H groups in total. The van der Waals surface area contributed by atoms with Crippen LogP contribution in [-0.2, 0) is 6.54 Å². The Morgan fingerprint density at radius 2 is 1.80 bits per heavy atom. The fraction of sp³-hybridized carbons (Fsp3) is 0.0714. The molecule has 0 aliphatic rings. The van der Waals surface area contributed by atoms with E-state index in [4.69, 9.17) is 10.9 Å². The summed E-state index contributed by atoms with van der Waals surface area (Å²) in [6.07, 6.45) is 0. The minimum absolute atomic E-state index is 0.0325. The maximum absolute atomic E-state index is 13.0. The second-order valence-corrected chi connectivity index (χ2v) is 4.16. The molecule has 0 saturated carbocycles. The standard InChI is InChI=1S/C14H13F2N3O/c15-12-6-5-11(7-13(12)16)18-8-9-1-3-10(4-2-9)14(17)19-20/h1-7,18,20H,8H2,(H2,17,19). The minimum Gasteiger partial charge on any atom is -0.409 e. The number of nitrogens with one attached hydrogen (secondary N) is 1. The van der Waals surface area contributed by atoms with Crippen LogP contribution in [0.15, 0.2) is 47.6 Å². The van der Waals surface area contributed by atoms with Gasteiger partial charge in [-0.1, -0.05) is 29.4 Å². The zero-order chi connectivity index (χ0) is 14.5. The van der Waals surface area contributed by atoms with Crippen molar-refractivity contribution in [2.75, 3.05) is 5.32 Å². The Balaban J connectivity index is 2.02. The van der Waals surface area contributed by atoms with Crippen LogP contribution in [0.25, 0.3) is 0 Å². The van der Waals surface area contributed by atoms with Crippen LogP contribution >= 0.6 is 0 Å². The quantitative estimate of drug-likeness (QED) is 0.348. The predicted octanol–water partition coefficient (Wildman–Crippen LogP) is 2.67.